The molecule has 0 unspecified atom stereocenters. The number of rotatable bonds is 4. The van der Waals surface area contributed by atoms with Crippen LogP contribution in [-0.4, -0.2) is 18.5 Å². The molecular weight excluding hydrogens is 304 g/mol. The highest BCUT2D eigenvalue weighted by molar-refractivity contribution is 7.16. The molecule has 110 valence electrons. The SMILES string of the molecule is O=C(NCCc1ccc(Cl)s1)[C@@H]1Cc2ccccc2CN1. The first-order valence-corrected chi connectivity index (χ1v) is 8.24. The third-order valence-electron chi connectivity index (χ3n) is 3.70. The van der Waals surface area contributed by atoms with Gasteiger partial charge in [-0.05, 0) is 36.1 Å². The van der Waals surface area contributed by atoms with Crippen molar-refractivity contribution in [2.75, 3.05) is 6.54 Å². The van der Waals surface area contributed by atoms with Crippen molar-refractivity contribution >= 4 is 28.8 Å². The van der Waals surface area contributed by atoms with Gasteiger partial charge in [0, 0.05) is 18.0 Å². The minimum Gasteiger partial charge on any atom is -0.354 e. The number of carbonyl (C=O) groups is 1. The monoisotopic (exact) mass is 320 g/mol. The van der Waals surface area contributed by atoms with E-state index in [1.54, 1.807) is 11.3 Å². The van der Waals surface area contributed by atoms with Crippen LogP contribution < -0.4 is 10.6 Å². The molecule has 0 spiro atoms. The Kier molecular flexibility index (Phi) is 4.58. The largest absolute Gasteiger partial charge is 0.354 e. The summed E-state index contributed by atoms with van der Waals surface area (Å²) in [6.07, 6.45) is 1.58. The van der Waals surface area contributed by atoms with Gasteiger partial charge < -0.3 is 10.6 Å². The van der Waals surface area contributed by atoms with Gasteiger partial charge >= 0.3 is 0 Å². The molecule has 0 aliphatic carbocycles. The van der Waals surface area contributed by atoms with Crippen LogP contribution >= 0.6 is 22.9 Å². The lowest BCUT2D eigenvalue weighted by molar-refractivity contribution is -0.123. The van der Waals surface area contributed by atoms with E-state index >= 15 is 0 Å². The molecule has 0 bridgehead atoms. The van der Waals surface area contributed by atoms with Crippen molar-refractivity contribution in [1.82, 2.24) is 10.6 Å². The number of benzene rings is 1. The van der Waals surface area contributed by atoms with Crippen LogP contribution in [0.2, 0.25) is 4.34 Å². The van der Waals surface area contributed by atoms with Crippen molar-refractivity contribution in [3.8, 4) is 0 Å². The molecular formula is C16H17ClN2OS. The molecule has 1 aromatic heterocycles. The number of amides is 1. The van der Waals surface area contributed by atoms with Crippen LogP contribution in [0.3, 0.4) is 0 Å². The lowest BCUT2D eigenvalue weighted by atomic mass is 9.95. The lowest BCUT2D eigenvalue weighted by Crippen LogP contribution is -2.48. The Hall–Kier alpha value is -1.36. The van der Waals surface area contributed by atoms with Crippen LogP contribution in [-0.2, 0) is 24.2 Å². The molecule has 2 aromatic rings. The second-order valence-corrected chi connectivity index (χ2v) is 6.95. The molecule has 5 heteroatoms. The Labute approximate surface area is 133 Å². The minimum absolute atomic E-state index is 0.0761. The quantitative estimate of drug-likeness (QED) is 0.909. The van der Waals surface area contributed by atoms with Gasteiger partial charge in [0.25, 0.3) is 0 Å². The van der Waals surface area contributed by atoms with Gasteiger partial charge in [0.15, 0.2) is 0 Å². The molecule has 2 N–H and O–H groups in total. The minimum atomic E-state index is -0.133. The van der Waals surface area contributed by atoms with Gasteiger partial charge in [0.1, 0.15) is 0 Å². The zero-order valence-corrected chi connectivity index (χ0v) is 13.1. The number of fused-ring (bicyclic) bond motifs is 1. The van der Waals surface area contributed by atoms with Crippen molar-refractivity contribution < 1.29 is 4.79 Å². The third-order valence-corrected chi connectivity index (χ3v) is 4.99. The first kappa shape index (κ1) is 14.6. The predicted octanol–water partition coefficient (Wildman–Crippen LogP) is 2.77. The Balaban J connectivity index is 1.50. The van der Waals surface area contributed by atoms with Gasteiger partial charge in [-0.25, -0.2) is 0 Å². The van der Waals surface area contributed by atoms with Gasteiger partial charge in [-0.3, -0.25) is 4.79 Å². The van der Waals surface area contributed by atoms with Gasteiger partial charge in [0.05, 0.1) is 10.4 Å². The van der Waals surface area contributed by atoms with Gasteiger partial charge in [-0.15, -0.1) is 11.3 Å². The maximum Gasteiger partial charge on any atom is 0.237 e. The Bertz CT molecular complexity index is 641. The molecule has 3 rings (SSSR count). The first-order valence-electron chi connectivity index (χ1n) is 7.04. The fraction of sp³-hybridized carbons (Fsp3) is 0.312. The molecule has 1 aromatic carbocycles. The van der Waals surface area contributed by atoms with Crippen LogP contribution in [0.4, 0.5) is 0 Å². The van der Waals surface area contributed by atoms with Crippen LogP contribution in [0, 0.1) is 0 Å². The number of hydrogen-bond acceptors (Lipinski definition) is 3. The molecule has 0 saturated carbocycles. The van der Waals surface area contributed by atoms with E-state index in [1.807, 2.05) is 24.3 Å². The molecule has 1 aliphatic heterocycles. The van der Waals surface area contributed by atoms with E-state index in [-0.39, 0.29) is 11.9 Å². The molecule has 0 saturated heterocycles. The molecule has 0 radical (unpaired) electrons. The van der Waals surface area contributed by atoms with Gasteiger partial charge in [0.2, 0.25) is 5.91 Å². The maximum atomic E-state index is 12.2. The molecule has 21 heavy (non-hydrogen) atoms. The second kappa shape index (κ2) is 6.60. The highest BCUT2D eigenvalue weighted by Gasteiger charge is 2.23. The summed E-state index contributed by atoms with van der Waals surface area (Å²) in [5, 5.41) is 6.30. The van der Waals surface area contributed by atoms with Gasteiger partial charge in [-0.1, -0.05) is 35.9 Å². The number of carbonyl (C=O) groups excluding carboxylic acids is 1. The average molecular weight is 321 g/mol. The fourth-order valence-electron chi connectivity index (χ4n) is 2.56. The van der Waals surface area contributed by atoms with Crippen molar-refractivity contribution in [2.24, 2.45) is 0 Å². The van der Waals surface area contributed by atoms with Crippen LogP contribution in [0.5, 0.6) is 0 Å². The van der Waals surface area contributed by atoms with Crippen molar-refractivity contribution in [1.29, 1.82) is 0 Å². The predicted molar refractivity (Wildman–Crippen MR) is 86.8 cm³/mol. The number of nitrogens with one attached hydrogen (secondary N) is 2. The number of thiophene rings is 1. The molecule has 1 amide bonds. The van der Waals surface area contributed by atoms with E-state index in [1.165, 1.54) is 16.0 Å². The van der Waals surface area contributed by atoms with E-state index in [0.29, 0.717) is 6.54 Å². The molecule has 0 fully saturated rings. The van der Waals surface area contributed by atoms with E-state index < -0.39 is 0 Å². The number of halogens is 1. The van der Waals surface area contributed by atoms with Gasteiger partial charge in [-0.2, -0.15) is 0 Å². The van der Waals surface area contributed by atoms with E-state index in [9.17, 15) is 4.79 Å². The third kappa shape index (κ3) is 3.64. The zero-order chi connectivity index (χ0) is 14.7. The second-order valence-electron chi connectivity index (χ2n) is 5.15. The van der Waals surface area contributed by atoms with Crippen LogP contribution in [0.1, 0.15) is 16.0 Å². The summed E-state index contributed by atoms with van der Waals surface area (Å²) >= 11 is 7.46. The smallest absolute Gasteiger partial charge is 0.237 e. The maximum absolute atomic E-state index is 12.2. The Morgan fingerprint density at radius 1 is 1.29 bits per heavy atom. The van der Waals surface area contributed by atoms with Crippen molar-refractivity contribution in [3.63, 3.8) is 0 Å². The normalized spacial score (nSPS) is 17.3. The summed E-state index contributed by atoms with van der Waals surface area (Å²) in [4.78, 5) is 13.4. The summed E-state index contributed by atoms with van der Waals surface area (Å²) in [5.74, 6) is 0.0761. The summed E-state index contributed by atoms with van der Waals surface area (Å²) in [6, 6.07) is 12.0. The average Bonchev–Trinajstić information content (AvgIpc) is 2.92. The first-order chi connectivity index (χ1) is 10.2. The Morgan fingerprint density at radius 3 is 2.86 bits per heavy atom. The molecule has 3 nitrogen and oxygen atoms in total. The summed E-state index contributed by atoms with van der Waals surface area (Å²) in [7, 11) is 0. The number of hydrogen-bond donors (Lipinski definition) is 2. The van der Waals surface area contributed by atoms with E-state index in [0.717, 1.165) is 23.7 Å². The standard InChI is InChI=1S/C16H17ClN2OS/c17-15-6-5-13(21-15)7-8-18-16(20)14-9-11-3-1-2-4-12(11)10-19-14/h1-6,14,19H,7-10H2,(H,18,20)/t14-/m0/s1. The fourth-order valence-corrected chi connectivity index (χ4v) is 3.64. The van der Waals surface area contributed by atoms with E-state index in [2.05, 4.69) is 22.8 Å². The lowest BCUT2D eigenvalue weighted by Gasteiger charge is -2.25. The highest BCUT2D eigenvalue weighted by Crippen LogP contribution is 2.21. The summed E-state index contributed by atoms with van der Waals surface area (Å²) in [6.45, 7) is 1.41. The highest BCUT2D eigenvalue weighted by atomic mass is 35.5. The topological polar surface area (TPSA) is 41.1 Å². The zero-order valence-electron chi connectivity index (χ0n) is 11.6. The Morgan fingerprint density at radius 2 is 2.10 bits per heavy atom. The summed E-state index contributed by atoms with van der Waals surface area (Å²) in [5.41, 5.74) is 2.55. The molecule has 1 atom stereocenters. The molecule has 1 aliphatic rings. The van der Waals surface area contributed by atoms with Crippen molar-refractivity contribution in [3.05, 3.63) is 56.7 Å². The van der Waals surface area contributed by atoms with Crippen LogP contribution in [0.25, 0.3) is 0 Å². The van der Waals surface area contributed by atoms with Crippen LogP contribution in [0.15, 0.2) is 36.4 Å². The summed E-state index contributed by atoms with van der Waals surface area (Å²) < 4.78 is 0.793. The van der Waals surface area contributed by atoms with E-state index in [4.69, 9.17) is 11.6 Å². The molecule has 2 heterocycles. The van der Waals surface area contributed by atoms with Crippen molar-refractivity contribution in [2.45, 2.75) is 25.4 Å².